The Morgan fingerprint density at radius 2 is 2.00 bits per heavy atom. The topological polar surface area (TPSA) is 119 Å². The van der Waals surface area contributed by atoms with Crippen molar-refractivity contribution < 1.29 is 20.1 Å². The molecule has 0 aromatic heterocycles. The first-order valence-corrected chi connectivity index (χ1v) is 5.19. The van der Waals surface area contributed by atoms with Gasteiger partial charge in [0.15, 0.2) is 0 Å². The van der Waals surface area contributed by atoms with Gasteiger partial charge in [0.25, 0.3) is 0 Å². The van der Waals surface area contributed by atoms with E-state index in [4.69, 9.17) is 15.4 Å². The quantitative estimate of drug-likeness (QED) is 0.354. The molecule has 0 amide bonds. The lowest BCUT2D eigenvalue weighted by atomic mass is 9.88. The van der Waals surface area contributed by atoms with E-state index < -0.39 is 30.5 Å². The van der Waals surface area contributed by atoms with Gasteiger partial charge in [0, 0.05) is 4.91 Å². The third kappa shape index (κ3) is 2.45. The molecular weight excluding hydrogens is 214 g/mol. The molecule has 7 nitrogen and oxygen atoms in total. The number of hydrogen-bond donors (Lipinski definition) is 3. The molecule has 1 aliphatic rings. The first-order chi connectivity index (χ1) is 7.52. The molecule has 16 heavy (non-hydrogen) atoms. The molecule has 1 rings (SSSR count). The summed E-state index contributed by atoms with van der Waals surface area (Å²) in [4.78, 5) is 2.58. The zero-order chi connectivity index (χ0) is 12.3. The van der Waals surface area contributed by atoms with Crippen LogP contribution in [-0.2, 0) is 4.74 Å². The van der Waals surface area contributed by atoms with Crippen LogP contribution < -0.4 is 0 Å². The highest BCUT2D eigenvalue weighted by molar-refractivity contribution is 4.97. The molecule has 0 saturated carbocycles. The maximum atomic E-state index is 9.78. The molecule has 1 heterocycles. The molecule has 0 aromatic carbocycles. The van der Waals surface area contributed by atoms with Gasteiger partial charge < -0.3 is 20.1 Å². The largest absolute Gasteiger partial charge is 0.394 e. The summed E-state index contributed by atoms with van der Waals surface area (Å²) in [6.45, 7) is 3.31. The van der Waals surface area contributed by atoms with Gasteiger partial charge in [-0.1, -0.05) is 19.0 Å². The average Bonchev–Trinajstić information content (AvgIpc) is 2.25. The summed E-state index contributed by atoms with van der Waals surface area (Å²) in [5, 5.41) is 32.0. The fraction of sp³-hybridized carbons (Fsp3) is 1.00. The molecule has 1 fully saturated rings. The van der Waals surface area contributed by atoms with Crippen LogP contribution >= 0.6 is 0 Å². The van der Waals surface area contributed by atoms with Crippen molar-refractivity contribution in [1.82, 2.24) is 0 Å². The molecule has 0 bridgehead atoms. The van der Waals surface area contributed by atoms with Crippen LogP contribution in [0.2, 0.25) is 0 Å². The lowest BCUT2D eigenvalue weighted by Crippen LogP contribution is -2.59. The standard InChI is InChI=1S/C9H17N3O4/c1-4(2)9-8(15)7(14)6(11-12-10)5(3-13)16-9/h4-9,13-15H,3H2,1-2H3. The Morgan fingerprint density at radius 3 is 2.44 bits per heavy atom. The van der Waals surface area contributed by atoms with E-state index >= 15 is 0 Å². The van der Waals surface area contributed by atoms with E-state index in [1.54, 1.807) is 0 Å². The molecular formula is C9H17N3O4. The van der Waals surface area contributed by atoms with Crippen LogP contribution in [0.5, 0.6) is 0 Å². The van der Waals surface area contributed by atoms with Crippen molar-refractivity contribution in [1.29, 1.82) is 0 Å². The summed E-state index contributed by atoms with van der Waals surface area (Å²) in [6.07, 6.45) is -3.67. The number of ether oxygens (including phenoxy) is 1. The van der Waals surface area contributed by atoms with Crippen molar-refractivity contribution >= 4 is 0 Å². The molecule has 1 aliphatic heterocycles. The summed E-state index contributed by atoms with van der Waals surface area (Å²) in [6, 6.07) is -0.958. The predicted octanol–water partition coefficient (Wildman–Crippen LogP) is -0.197. The monoisotopic (exact) mass is 231 g/mol. The zero-order valence-electron chi connectivity index (χ0n) is 9.26. The summed E-state index contributed by atoms with van der Waals surface area (Å²) in [5.74, 6) is -0.00860. The van der Waals surface area contributed by atoms with Gasteiger partial charge in [-0.3, -0.25) is 0 Å². The smallest absolute Gasteiger partial charge is 0.107 e. The minimum Gasteiger partial charge on any atom is -0.394 e. The van der Waals surface area contributed by atoms with Crippen molar-refractivity contribution in [3.8, 4) is 0 Å². The molecule has 92 valence electrons. The van der Waals surface area contributed by atoms with Crippen LogP contribution in [0, 0.1) is 5.92 Å². The third-order valence-corrected chi connectivity index (χ3v) is 2.77. The number of nitrogens with zero attached hydrogens (tertiary/aromatic N) is 3. The first-order valence-electron chi connectivity index (χ1n) is 5.19. The predicted molar refractivity (Wildman–Crippen MR) is 55.5 cm³/mol. The molecule has 1 saturated heterocycles. The lowest BCUT2D eigenvalue weighted by Gasteiger charge is -2.42. The molecule has 0 spiro atoms. The van der Waals surface area contributed by atoms with Gasteiger partial charge in [-0.15, -0.1) is 0 Å². The molecule has 0 radical (unpaired) electrons. The molecule has 0 aliphatic carbocycles. The van der Waals surface area contributed by atoms with Gasteiger partial charge in [0.05, 0.1) is 31.0 Å². The Labute approximate surface area is 93.3 Å². The highest BCUT2D eigenvalue weighted by Crippen LogP contribution is 2.27. The van der Waals surface area contributed by atoms with E-state index in [-0.39, 0.29) is 12.5 Å². The van der Waals surface area contributed by atoms with Crippen LogP contribution in [0.4, 0.5) is 0 Å². The summed E-state index contributed by atoms with van der Waals surface area (Å²) in [5.41, 5.74) is 8.34. The SMILES string of the molecule is CC(C)C1OC(CO)C(N=[N+]=[N-])C(O)C1O. The van der Waals surface area contributed by atoms with E-state index in [1.165, 1.54) is 0 Å². The Morgan fingerprint density at radius 1 is 1.38 bits per heavy atom. The van der Waals surface area contributed by atoms with E-state index in [0.29, 0.717) is 0 Å². The number of hydrogen-bond acceptors (Lipinski definition) is 5. The second-order valence-electron chi connectivity index (χ2n) is 4.24. The second-order valence-corrected chi connectivity index (χ2v) is 4.24. The minimum absolute atomic E-state index is 0.00860. The van der Waals surface area contributed by atoms with E-state index in [9.17, 15) is 10.2 Å². The maximum absolute atomic E-state index is 9.78. The number of azide groups is 1. The number of aliphatic hydroxyl groups excluding tert-OH is 3. The number of rotatable bonds is 3. The normalized spacial score (nSPS) is 39.5. The van der Waals surface area contributed by atoms with Crippen LogP contribution in [0.15, 0.2) is 5.11 Å². The summed E-state index contributed by atoms with van der Waals surface area (Å²) in [7, 11) is 0. The lowest BCUT2D eigenvalue weighted by molar-refractivity contribution is -0.198. The maximum Gasteiger partial charge on any atom is 0.107 e. The van der Waals surface area contributed by atoms with Crippen molar-refractivity contribution in [2.24, 2.45) is 11.0 Å². The Hall–Kier alpha value is -0.850. The van der Waals surface area contributed by atoms with Gasteiger partial charge in [-0.05, 0) is 11.4 Å². The van der Waals surface area contributed by atoms with Gasteiger partial charge in [0.2, 0.25) is 0 Å². The van der Waals surface area contributed by atoms with Gasteiger partial charge in [-0.2, -0.15) is 0 Å². The van der Waals surface area contributed by atoms with Gasteiger partial charge in [0.1, 0.15) is 6.10 Å². The van der Waals surface area contributed by atoms with Crippen molar-refractivity contribution in [2.45, 2.75) is 44.3 Å². The van der Waals surface area contributed by atoms with E-state index in [0.717, 1.165) is 0 Å². The fourth-order valence-electron chi connectivity index (χ4n) is 1.88. The average molecular weight is 231 g/mol. The van der Waals surface area contributed by atoms with Crippen LogP contribution in [0.1, 0.15) is 13.8 Å². The van der Waals surface area contributed by atoms with Crippen LogP contribution in [0.3, 0.4) is 0 Å². The molecule has 7 heteroatoms. The minimum atomic E-state index is -1.21. The Bertz CT molecular complexity index is 278. The fourth-order valence-corrected chi connectivity index (χ4v) is 1.88. The Kier molecular flexibility index (Phi) is 4.52. The molecule has 5 atom stereocenters. The zero-order valence-corrected chi connectivity index (χ0v) is 9.26. The van der Waals surface area contributed by atoms with Crippen LogP contribution in [0.25, 0.3) is 10.4 Å². The van der Waals surface area contributed by atoms with Crippen LogP contribution in [-0.4, -0.2) is 52.4 Å². The highest BCUT2D eigenvalue weighted by atomic mass is 16.5. The highest BCUT2D eigenvalue weighted by Gasteiger charge is 2.44. The molecule has 5 unspecified atom stereocenters. The van der Waals surface area contributed by atoms with Gasteiger partial charge >= 0.3 is 0 Å². The van der Waals surface area contributed by atoms with Crippen molar-refractivity contribution in [3.05, 3.63) is 10.4 Å². The third-order valence-electron chi connectivity index (χ3n) is 2.77. The van der Waals surface area contributed by atoms with Crippen molar-refractivity contribution in [3.63, 3.8) is 0 Å². The summed E-state index contributed by atoms with van der Waals surface area (Å²) < 4.78 is 5.42. The molecule has 0 aromatic rings. The second kappa shape index (κ2) is 5.47. The summed E-state index contributed by atoms with van der Waals surface area (Å²) >= 11 is 0. The molecule has 3 N–H and O–H groups in total. The van der Waals surface area contributed by atoms with Crippen molar-refractivity contribution in [2.75, 3.05) is 6.61 Å². The Balaban J connectivity index is 2.89. The number of aliphatic hydroxyl groups is 3. The van der Waals surface area contributed by atoms with E-state index in [2.05, 4.69) is 10.0 Å². The van der Waals surface area contributed by atoms with Gasteiger partial charge in [-0.25, -0.2) is 0 Å². The van der Waals surface area contributed by atoms with E-state index in [1.807, 2.05) is 13.8 Å². The first kappa shape index (κ1) is 13.2.